The summed E-state index contributed by atoms with van der Waals surface area (Å²) in [7, 11) is 1.57. The van der Waals surface area contributed by atoms with Crippen LogP contribution in [0.15, 0.2) is 78.5 Å². The molecule has 6 heteroatoms. The van der Waals surface area contributed by atoms with E-state index in [9.17, 15) is 14.0 Å². The minimum Gasteiger partial charge on any atom is -0.497 e. The number of halogens is 1. The Balaban J connectivity index is 1.73. The zero-order valence-corrected chi connectivity index (χ0v) is 17.2. The lowest BCUT2D eigenvalue weighted by Crippen LogP contribution is -2.32. The topological polar surface area (TPSA) is 58.6 Å². The minimum absolute atomic E-state index is 0.145. The highest BCUT2D eigenvalue weighted by atomic mass is 19.1. The Labute approximate surface area is 179 Å². The van der Waals surface area contributed by atoms with E-state index in [0.717, 1.165) is 10.5 Å². The number of benzene rings is 3. The van der Waals surface area contributed by atoms with Gasteiger partial charge in [0.1, 0.15) is 17.3 Å². The number of imide groups is 1. The number of hydrogen-bond acceptors (Lipinski definition) is 4. The summed E-state index contributed by atoms with van der Waals surface area (Å²) in [6, 6.07) is 20.5. The summed E-state index contributed by atoms with van der Waals surface area (Å²) in [5.41, 5.74) is 2.99. The van der Waals surface area contributed by atoms with Crippen LogP contribution in [0.5, 0.6) is 5.75 Å². The summed E-state index contributed by atoms with van der Waals surface area (Å²) in [4.78, 5) is 27.6. The molecule has 0 aromatic heterocycles. The summed E-state index contributed by atoms with van der Waals surface area (Å²) in [6.07, 6.45) is 0. The average Bonchev–Trinajstić information content (AvgIpc) is 3.00. The molecule has 0 spiro atoms. The molecule has 0 unspecified atom stereocenters. The van der Waals surface area contributed by atoms with Crippen molar-refractivity contribution in [2.45, 2.75) is 13.5 Å². The van der Waals surface area contributed by atoms with Gasteiger partial charge >= 0.3 is 0 Å². The van der Waals surface area contributed by atoms with Gasteiger partial charge in [-0.25, -0.2) is 4.39 Å². The van der Waals surface area contributed by atoms with Crippen LogP contribution in [-0.2, 0) is 16.1 Å². The second-order valence-electron chi connectivity index (χ2n) is 7.26. The van der Waals surface area contributed by atoms with E-state index in [1.807, 2.05) is 19.1 Å². The second kappa shape index (κ2) is 8.44. The molecule has 1 N–H and O–H groups in total. The molecule has 31 heavy (non-hydrogen) atoms. The van der Waals surface area contributed by atoms with E-state index < -0.39 is 17.6 Å². The van der Waals surface area contributed by atoms with Gasteiger partial charge in [-0.15, -0.1) is 0 Å². The SMILES string of the molecule is COc1ccc(NC2=C(c3ccc(C)cc3)C(=O)N(Cc3ccccc3F)C2=O)cc1. The molecule has 1 heterocycles. The van der Waals surface area contributed by atoms with Crippen molar-refractivity contribution in [2.75, 3.05) is 12.4 Å². The Kier molecular flexibility index (Phi) is 5.54. The van der Waals surface area contributed by atoms with Gasteiger partial charge in [-0.05, 0) is 42.8 Å². The number of anilines is 1. The van der Waals surface area contributed by atoms with Crippen LogP contribution in [0.4, 0.5) is 10.1 Å². The summed E-state index contributed by atoms with van der Waals surface area (Å²) >= 11 is 0. The largest absolute Gasteiger partial charge is 0.497 e. The van der Waals surface area contributed by atoms with Gasteiger partial charge < -0.3 is 10.1 Å². The third kappa shape index (κ3) is 4.05. The molecule has 0 saturated carbocycles. The number of ether oxygens (including phenoxy) is 1. The Morgan fingerprint density at radius 1 is 0.903 bits per heavy atom. The van der Waals surface area contributed by atoms with E-state index in [1.165, 1.54) is 6.07 Å². The summed E-state index contributed by atoms with van der Waals surface area (Å²) < 4.78 is 19.4. The zero-order valence-electron chi connectivity index (χ0n) is 17.2. The summed E-state index contributed by atoms with van der Waals surface area (Å²) in [5, 5.41) is 3.08. The van der Waals surface area contributed by atoms with Gasteiger partial charge in [0, 0.05) is 11.3 Å². The van der Waals surface area contributed by atoms with Crippen molar-refractivity contribution in [1.29, 1.82) is 0 Å². The molecule has 4 rings (SSSR count). The molecule has 5 nitrogen and oxygen atoms in total. The van der Waals surface area contributed by atoms with Gasteiger partial charge in [0.25, 0.3) is 11.8 Å². The third-order valence-corrected chi connectivity index (χ3v) is 5.15. The van der Waals surface area contributed by atoms with Crippen molar-refractivity contribution < 1.29 is 18.7 Å². The van der Waals surface area contributed by atoms with Crippen LogP contribution in [0.1, 0.15) is 16.7 Å². The fourth-order valence-electron chi connectivity index (χ4n) is 3.44. The molecule has 2 amide bonds. The van der Waals surface area contributed by atoms with Crippen molar-refractivity contribution in [3.8, 4) is 5.75 Å². The lowest BCUT2D eigenvalue weighted by molar-refractivity contribution is -0.137. The van der Waals surface area contributed by atoms with Crippen LogP contribution in [0.2, 0.25) is 0 Å². The molecule has 156 valence electrons. The van der Waals surface area contributed by atoms with Gasteiger partial charge in [-0.3, -0.25) is 14.5 Å². The van der Waals surface area contributed by atoms with Crippen molar-refractivity contribution in [2.24, 2.45) is 0 Å². The number of carbonyl (C=O) groups excluding carboxylic acids is 2. The zero-order chi connectivity index (χ0) is 22.0. The molecule has 3 aromatic carbocycles. The number of nitrogens with zero attached hydrogens (tertiary/aromatic N) is 1. The van der Waals surface area contributed by atoms with Crippen LogP contribution >= 0.6 is 0 Å². The Morgan fingerprint density at radius 3 is 2.23 bits per heavy atom. The van der Waals surface area contributed by atoms with E-state index in [-0.39, 0.29) is 23.4 Å². The quantitative estimate of drug-likeness (QED) is 0.600. The standard InChI is InChI=1S/C25H21FN2O3/c1-16-7-9-17(10-8-16)22-23(27-19-11-13-20(31-2)14-12-19)25(30)28(24(22)29)15-18-5-3-4-6-21(18)26/h3-14,27H,15H2,1-2H3. The first kappa shape index (κ1) is 20.3. The highest BCUT2D eigenvalue weighted by Gasteiger charge is 2.39. The minimum atomic E-state index is -0.500. The maximum absolute atomic E-state index is 14.2. The van der Waals surface area contributed by atoms with Crippen LogP contribution < -0.4 is 10.1 Å². The smallest absolute Gasteiger partial charge is 0.278 e. The molecule has 0 saturated heterocycles. The maximum atomic E-state index is 14.2. The van der Waals surface area contributed by atoms with E-state index in [0.29, 0.717) is 17.0 Å². The molecule has 1 aliphatic rings. The van der Waals surface area contributed by atoms with Crippen molar-refractivity contribution in [3.05, 3.63) is 101 Å². The van der Waals surface area contributed by atoms with Gasteiger partial charge in [0.15, 0.2) is 0 Å². The first-order valence-corrected chi connectivity index (χ1v) is 9.80. The van der Waals surface area contributed by atoms with Gasteiger partial charge in [-0.1, -0.05) is 48.0 Å². The highest BCUT2D eigenvalue weighted by Crippen LogP contribution is 2.32. The van der Waals surface area contributed by atoms with Crippen LogP contribution in [0.25, 0.3) is 5.57 Å². The van der Waals surface area contributed by atoms with Crippen LogP contribution in [0, 0.1) is 12.7 Å². The van der Waals surface area contributed by atoms with E-state index in [1.54, 1.807) is 61.7 Å². The Bertz CT molecular complexity index is 1170. The average molecular weight is 416 g/mol. The number of carbonyl (C=O) groups is 2. The lowest BCUT2D eigenvalue weighted by atomic mass is 10.0. The Morgan fingerprint density at radius 2 is 1.58 bits per heavy atom. The van der Waals surface area contributed by atoms with Crippen molar-refractivity contribution in [1.82, 2.24) is 4.90 Å². The van der Waals surface area contributed by atoms with Gasteiger partial charge in [0.05, 0.1) is 19.2 Å². The molecule has 0 aliphatic carbocycles. The molecule has 0 radical (unpaired) electrons. The summed E-state index contributed by atoms with van der Waals surface area (Å²) in [6.45, 7) is 1.80. The molecule has 1 aliphatic heterocycles. The number of aryl methyl sites for hydroxylation is 1. The predicted octanol–water partition coefficient (Wildman–Crippen LogP) is 4.53. The number of rotatable bonds is 6. The maximum Gasteiger partial charge on any atom is 0.278 e. The molecule has 0 atom stereocenters. The fraction of sp³-hybridized carbons (Fsp3) is 0.120. The number of hydrogen-bond donors (Lipinski definition) is 1. The van der Waals surface area contributed by atoms with E-state index in [2.05, 4.69) is 5.32 Å². The summed E-state index contributed by atoms with van der Waals surface area (Å²) in [5.74, 6) is -0.752. The number of amides is 2. The number of methoxy groups -OCH3 is 1. The lowest BCUT2D eigenvalue weighted by Gasteiger charge is -2.16. The normalized spacial score (nSPS) is 13.7. The molecule has 3 aromatic rings. The third-order valence-electron chi connectivity index (χ3n) is 5.15. The van der Waals surface area contributed by atoms with Gasteiger partial charge in [-0.2, -0.15) is 0 Å². The van der Waals surface area contributed by atoms with Crippen molar-refractivity contribution in [3.63, 3.8) is 0 Å². The van der Waals surface area contributed by atoms with E-state index >= 15 is 0 Å². The molecular formula is C25H21FN2O3. The highest BCUT2D eigenvalue weighted by molar-refractivity contribution is 6.36. The number of nitrogens with one attached hydrogen (secondary N) is 1. The predicted molar refractivity (Wildman–Crippen MR) is 117 cm³/mol. The van der Waals surface area contributed by atoms with Gasteiger partial charge in [0.2, 0.25) is 0 Å². The molecule has 0 bridgehead atoms. The monoisotopic (exact) mass is 416 g/mol. The molecule has 0 fully saturated rings. The van der Waals surface area contributed by atoms with E-state index in [4.69, 9.17) is 4.74 Å². The molecular weight excluding hydrogens is 395 g/mol. The van der Waals surface area contributed by atoms with Crippen LogP contribution in [-0.4, -0.2) is 23.8 Å². The first-order chi connectivity index (χ1) is 15.0. The van der Waals surface area contributed by atoms with Crippen molar-refractivity contribution >= 4 is 23.1 Å². The first-order valence-electron chi connectivity index (χ1n) is 9.80. The van der Waals surface area contributed by atoms with Crippen LogP contribution in [0.3, 0.4) is 0 Å². The second-order valence-corrected chi connectivity index (χ2v) is 7.26. The fourth-order valence-corrected chi connectivity index (χ4v) is 3.44. The Hall–Kier alpha value is -3.93.